The monoisotopic (exact) mass is 136 g/mol. The molecule has 1 aromatic rings. The summed E-state index contributed by atoms with van der Waals surface area (Å²) >= 11 is 0. The van der Waals surface area contributed by atoms with E-state index in [0.717, 1.165) is 12.2 Å². The van der Waals surface area contributed by atoms with Crippen molar-refractivity contribution in [2.75, 3.05) is 0 Å². The van der Waals surface area contributed by atoms with Crippen molar-refractivity contribution in [3.8, 4) is 0 Å². The van der Waals surface area contributed by atoms with E-state index in [1.807, 2.05) is 10.8 Å². The number of nitrogens with one attached hydrogen (secondary N) is 1. The lowest BCUT2D eigenvalue weighted by atomic mass is 10.5. The predicted molar refractivity (Wildman–Crippen MR) is 37.7 cm³/mol. The second-order valence-corrected chi connectivity index (χ2v) is 2.12. The van der Waals surface area contributed by atoms with E-state index in [9.17, 15) is 0 Å². The van der Waals surface area contributed by atoms with Gasteiger partial charge >= 0.3 is 0 Å². The van der Waals surface area contributed by atoms with Gasteiger partial charge in [0.1, 0.15) is 12.5 Å². The van der Waals surface area contributed by atoms with Crippen molar-refractivity contribution in [3.63, 3.8) is 0 Å². The van der Waals surface area contributed by atoms with Crippen molar-refractivity contribution in [2.45, 2.75) is 6.54 Å². The van der Waals surface area contributed by atoms with Gasteiger partial charge in [-0.15, -0.1) is 0 Å². The Morgan fingerprint density at radius 3 is 3.60 bits per heavy atom. The topological polar surface area (TPSA) is 33.9 Å². The summed E-state index contributed by atoms with van der Waals surface area (Å²) in [6, 6.07) is 0. The molecule has 0 saturated heterocycles. The minimum absolute atomic E-state index is 0.902. The van der Waals surface area contributed by atoms with Crippen LogP contribution in [0.25, 0.3) is 6.08 Å². The van der Waals surface area contributed by atoms with Crippen LogP contribution in [-0.4, -0.2) is 9.78 Å². The first-order valence-electron chi connectivity index (χ1n) is 3.18. The van der Waals surface area contributed by atoms with E-state index in [0.29, 0.717) is 0 Å². The lowest BCUT2D eigenvalue weighted by molar-refractivity contribution is 0.551. The molecule has 0 aromatic carbocycles. The second kappa shape index (κ2) is 2.10. The molecule has 0 spiro atoms. The van der Waals surface area contributed by atoms with Crippen LogP contribution in [0.1, 0.15) is 5.69 Å². The molecule has 10 heavy (non-hydrogen) atoms. The van der Waals surface area contributed by atoms with Gasteiger partial charge in [0.05, 0.1) is 18.4 Å². The van der Waals surface area contributed by atoms with E-state index in [4.69, 9.17) is 4.42 Å². The highest BCUT2D eigenvalue weighted by atomic mass is 16.3. The van der Waals surface area contributed by atoms with E-state index < -0.39 is 0 Å². The third-order valence-corrected chi connectivity index (χ3v) is 1.45. The van der Waals surface area contributed by atoms with Crippen LogP contribution in [0.4, 0.5) is 0 Å². The van der Waals surface area contributed by atoms with Crippen LogP contribution in [0.2, 0.25) is 0 Å². The summed E-state index contributed by atoms with van der Waals surface area (Å²) in [5.41, 5.74) is 1.06. The molecular weight excluding hydrogens is 128 g/mol. The molecule has 0 aliphatic carbocycles. The molecule has 0 fully saturated rings. The fourth-order valence-electron chi connectivity index (χ4n) is 0.973. The molecule has 0 bridgehead atoms. The number of aromatic amines is 1. The Kier molecular flexibility index (Phi) is 1.13. The minimum Gasteiger partial charge on any atom is -0.469 e. The molecule has 1 aliphatic heterocycles. The number of fused-ring (bicyclic) bond motifs is 1. The average molecular weight is 136 g/mol. The van der Waals surface area contributed by atoms with Gasteiger partial charge in [-0.2, -0.15) is 0 Å². The quantitative estimate of drug-likeness (QED) is 0.577. The van der Waals surface area contributed by atoms with Gasteiger partial charge in [0.15, 0.2) is 0 Å². The van der Waals surface area contributed by atoms with Gasteiger partial charge in [-0.25, -0.2) is 0 Å². The molecule has 3 heteroatoms. The summed E-state index contributed by atoms with van der Waals surface area (Å²) in [6.45, 7) is 0.902. The largest absolute Gasteiger partial charge is 0.469 e. The summed E-state index contributed by atoms with van der Waals surface area (Å²) < 4.78 is 7.00. The normalized spacial score (nSPS) is 13.2. The number of H-pyrrole nitrogens is 1. The fraction of sp³-hybridized carbons (Fsp3) is 0.143. The molecule has 0 unspecified atom stereocenters. The number of hydrogen-bond donors (Lipinski definition) is 1. The van der Waals surface area contributed by atoms with E-state index in [1.165, 1.54) is 0 Å². The highest BCUT2D eigenvalue weighted by molar-refractivity contribution is 5.45. The van der Waals surface area contributed by atoms with Crippen molar-refractivity contribution < 1.29 is 4.42 Å². The molecule has 0 atom stereocenters. The van der Waals surface area contributed by atoms with Crippen LogP contribution in [0, 0.1) is 0 Å². The highest BCUT2D eigenvalue weighted by Gasteiger charge is 1.98. The zero-order valence-electron chi connectivity index (χ0n) is 5.45. The molecular formula is C7H8N2O. The maximum absolute atomic E-state index is 5.01. The van der Waals surface area contributed by atoms with Gasteiger partial charge in [0, 0.05) is 0 Å². The summed E-state index contributed by atoms with van der Waals surface area (Å²) in [5.74, 6) is 0. The van der Waals surface area contributed by atoms with Crippen molar-refractivity contribution in [1.29, 1.82) is 0 Å². The lowest BCUT2D eigenvalue weighted by Crippen LogP contribution is -1.96. The van der Waals surface area contributed by atoms with Gasteiger partial charge in [-0.05, 0) is 6.08 Å². The average Bonchev–Trinajstić information content (AvgIpc) is 2.28. The summed E-state index contributed by atoms with van der Waals surface area (Å²) in [5, 5.41) is 3.04. The summed E-state index contributed by atoms with van der Waals surface area (Å²) in [6.07, 6.45) is 9.16. The molecule has 2 heterocycles. The Balaban J connectivity index is 2.65. The number of rotatable bonds is 0. The molecule has 3 nitrogen and oxygen atoms in total. The van der Waals surface area contributed by atoms with Gasteiger partial charge < -0.3 is 9.52 Å². The highest BCUT2D eigenvalue weighted by Crippen LogP contribution is 2.06. The van der Waals surface area contributed by atoms with Crippen LogP contribution in [-0.2, 0) is 6.54 Å². The van der Waals surface area contributed by atoms with Gasteiger partial charge in [0.2, 0.25) is 0 Å². The molecule has 0 saturated carbocycles. The lowest BCUT2D eigenvalue weighted by Gasteiger charge is -1.95. The van der Waals surface area contributed by atoms with Gasteiger partial charge in [0.25, 0.3) is 0 Å². The van der Waals surface area contributed by atoms with Crippen LogP contribution in [0.5, 0.6) is 0 Å². The molecule has 0 radical (unpaired) electrons. The first-order chi connectivity index (χ1) is 4.97. The van der Waals surface area contributed by atoms with E-state index >= 15 is 0 Å². The third-order valence-electron chi connectivity index (χ3n) is 1.45. The van der Waals surface area contributed by atoms with E-state index in [-0.39, 0.29) is 0 Å². The first kappa shape index (κ1) is 5.41. The summed E-state index contributed by atoms with van der Waals surface area (Å²) in [4.78, 5) is 0. The molecule has 52 valence electrons. The Morgan fingerprint density at radius 1 is 1.60 bits per heavy atom. The molecule has 1 N–H and O–H groups in total. The zero-order chi connectivity index (χ0) is 6.81. The first-order valence-corrected chi connectivity index (χ1v) is 3.18. The Morgan fingerprint density at radius 2 is 2.60 bits per heavy atom. The zero-order valence-corrected chi connectivity index (χ0v) is 5.45. The van der Waals surface area contributed by atoms with Crippen LogP contribution >= 0.6 is 0 Å². The minimum atomic E-state index is 0.902. The number of hydrogen-bond acceptors (Lipinski definition) is 1. The van der Waals surface area contributed by atoms with E-state index in [2.05, 4.69) is 11.2 Å². The SMILES string of the molecule is C1=Cc2cocc[nH]n2C1. The molecule has 1 aliphatic rings. The van der Waals surface area contributed by atoms with E-state index in [1.54, 1.807) is 18.7 Å². The van der Waals surface area contributed by atoms with Gasteiger partial charge in [-0.3, -0.25) is 4.68 Å². The van der Waals surface area contributed by atoms with Gasteiger partial charge in [-0.1, -0.05) is 6.08 Å². The fourth-order valence-corrected chi connectivity index (χ4v) is 0.973. The van der Waals surface area contributed by atoms with Crippen LogP contribution < -0.4 is 0 Å². The maximum Gasteiger partial charge on any atom is 0.115 e. The smallest absolute Gasteiger partial charge is 0.115 e. The Labute approximate surface area is 58.3 Å². The van der Waals surface area contributed by atoms with Crippen molar-refractivity contribution >= 4 is 6.08 Å². The van der Waals surface area contributed by atoms with Crippen LogP contribution in [0.3, 0.4) is 0 Å². The number of nitrogens with zero attached hydrogens (tertiary/aromatic N) is 1. The van der Waals surface area contributed by atoms with Crippen molar-refractivity contribution in [1.82, 2.24) is 9.78 Å². The number of aromatic nitrogens is 2. The molecule has 1 aromatic heterocycles. The van der Waals surface area contributed by atoms with Crippen molar-refractivity contribution in [2.24, 2.45) is 0 Å². The standard InChI is InChI=1S/C7H8N2O/c1-2-7-6-10-5-3-8-9(7)4-1/h1-3,5-6,8H,4H2. The van der Waals surface area contributed by atoms with Crippen LogP contribution in [0.15, 0.2) is 29.2 Å². The maximum atomic E-state index is 5.01. The third kappa shape index (κ3) is 0.757. The number of allylic oxidation sites excluding steroid dienone is 1. The molecule has 0 amide bonds. The molecule has 2 rings (SSSR count). The summed E-state index contributed by atoms with van der Waals surface area (Å²) in [7, 11) is 0. The Bertz CT molecular complexity index is 289. The second-order valence-electron chi connectivity index (χ2n) is 2.12. The predicted octanol–water partition coefficient (Wildman–Crippen LogP) is 1.56. The van der Waals surface area contributed by atoms with Crippen molar-refractivity contribution in [3.05, 3.63) is 30.5 Å². The Hall–Kier alpha value is -1.38.